The predicted molar refractivity (Wildman–Crippen MR) is 58.0 cm³/mol. The van der Waals surface area contributed by atoms with Gasteiger partial charge in [-0.25, -0.2) is 4.98 Å². The van der Waals surface area contributed by atoms with Crippen LogP contribution in [0.5, 0.6) is 11.6 Å². The maximum absolute atomic E-state index is 5.72. The highest BCUT2D eigenvalue weighted by atomic mass is 35.5. The van der Waals surface area contributed by atoms with E-state index in [2.05, 4.69) is 9.97 Å². The maximum Gasteiger partial charge on any atom is 0.247 e. The number of hydrogen-bond donors (Lipinski definition) is 1. The minimum absolute atomic E-state index is 0.191. The van der Waals surface area contributed by atoms with E-state index >= 15 is 0 Å². The van der Waals surface area contributed by atoms with Gasteiger partial charge in [-0.15, -0.1) is 0 Å². The molecule has 2 rings (SSSR count). The molecule has 0 atom stereocenters. The summed E-state index contributed by atoms with van der Waals surface area (Å²) in [5.41, 5.74) is 5.89. The van der Waals surface area contributed by atoms with Crippen molar-refractivity contribution in [1.29, 1.82) is 0 Å². The smallest absolute Gasteiger partial charge is 0.247 e. The average molecular weight is 222 g/mol. The van der Waals surface area contributed by atoms with Crippen LogP contribution in [-0.4, -0.2) is 9.97 Å². The molecule has 0 aliphatic carbocycles. The zero-order valence-corrected chi connectivity index (χ0v) is 8.48. The van der Waals surface area contributed by atoms with E-state index < -0.39 is 0 Å². The van der Waals surface area contributed by atoms with E-state index in [-0.39, 0.29) is 16.7 Å². The van der Waals surface area contributed by atoms with Crippen LogP contribution in [0.3, 0.4) is 0 Å². The van der Waals surface area contributed by atoms with Crippen molar-refractivity contribution in [1.82, 2.24) is 9.97 Å². The SMILES string of the molecule is Nc1c(Cl)ncnc1Oc1ccccc1. The summed E-state index contributed by atoms with van der Waals surface area (Å²) in [6, 6.07) is 9.21. The van der Waals surface area contributed by atoms with Gasteiger partial charge in [-0.3, -0.25) is 0 Å². The Labute approximate surface area is 91.7 Å². The van der Waals surface area contributed by atoms with Crippen LogP contribution in [0.4, 0.5) is 5.69 Å². The van der Waals surface area contributed by atoms with Crippen LogP contribution in [-0.2, 0) is 0 Å². The molecule has 5 heteroatoms. The lowest BCUT2D eigenvalue weighted by molar-refractivity contribution is 0.464. The Bertz CT molecular complexity index is 461. The van der Waals surface area contributed by atoms with Gasteiger partial charge in [-0.1, -0.05) is 29.8 Å². The van der Waals surface area contributed by atoms with Gasteiger partial charge in [-0.05, 0) is 12.1 Å². The second kappa shape index (κ2) is 4.14. The number of para-hydroxylation sites is 1. The second-order valence-corrected chi connectivity index (χ2v) is 3.16. The highest BCUT2D eigenvalue weighted by molar-refractivity contribution is 6.32. The van der Waals surface area contributed by atoms with Crippen molar-refractivity contribution in [3.8, 4) is 11.6 Å². The van der Waals surface area contributed by atoms with Crippen molar-refractivity contribution >= 4 is 17.3 Å². The molecule has 0 amide bonds. The molecule has 15 heavy (non-hydrogen) atoms. The third-order valence-electron chi connectivity index (χ3n) is 1.76. The molecule has 0 saturated carbocycles. The number of halogens is 1. The van der Waals surface area contributed by atoms with Crippen LogP contribution in [0.15, 0.2) is 36.7 Å². The van der Waals surface area contributed by atoms with Crippen LogP contribution in [0.1, 0.15) is 0 Å². The molecular formula is C10H8ClN3O. The van der Waals surface area contributed by atoms with Crippen molar-refractivity contribution in [3.05, 3.63) is 41.8 Å². The summed E-state index contributed by atoms with van der Waals surface area (Å²) in [7, 11) is 0. The first-order valence-corrected chi connectivity index (χ1v) is 4.64. The molecule has 0 unspecified atom stereocenters. The number of anilines is 1. The van der Waals surface area contributed by atoms with Crippen LogP contribution in [0, 0.1) is 0 Å². The second-order valence-electron chi connectivity index (χ2n) is 2.80. The highest BCUT2D eigenvalue weighted by Gasteiger charge is 2.07. The fraction of sp³-hybridized carbons (Fsp3) is 0. The molecule has 1 aromatic carbocycles. The summed E-state index contributed by atoms with van der Waals surface area (Å²) in [6.45, 7) is 0. The van der Waals surface area contributed by atoms with Gasteiger partial charge in [0.15, 0.2) is 5.15 Å². The zero-order chi connectivity index (χ0) is 10.7. The summed E-state index contributed by atoms with van der Waals surface area (Å²) in [5.74, 6) is 0.917. The Kier molecular flexibility index (Phi) is 2.69. The van der Waals surface area contributed by atoms with Gasteiger partial charge in [0.2, 0.25) is 5.88 Å². The molecule has 76 valence electrons. The number of nitrogens with two attached hydrogens (primary N) is 1. The van der Waals surface area contributed by atoms with Crippen molar-refractivity contribution in [3.63, 3.8) is 0 Å². The lowest BCUT2D eigenvalue weighted by atomic mass is 10.3. The standard InChI is InChI=1S/C10H8ClN3O/c11-9-8(12)10(14-6-13-9)15-7-4-2-1-3-5-7/h1-6H,12H2. The third kappa shape index (κ3) is 2.16. The number of benzene rings is 1. The van der Waals surface area contributed by atoms with Crippen LogP contribution in [0.25, 0.3) is 0 Å². The van der Waals surface area contributed by atoms with Gasteiger partial charge >= 0.3 is 0 Å². The lowest BCUT2D eigenvalue weighted by Gasteiger charge is -2.06. The van der Waals surface area contributed by atoms with E-state index in [9.17, 15) is 0 Å². The molecule has 0 fully saturated rings. The Balaban J connectivity index is 2.29. The molecule has 1 aromatic heterocycles. The summed E-state index contributed by atoms with van der Waals surface area (Å²) >= 11 is 5.72. The van der Waals surface area contributed by atoms with Gasteiger partial charge in [0.25, 0.3) is 0 Å². The molecule has 1 heterocycles. The third-order valence-corrected chi connectivity index (χ3v) is 2.06. The van der Waals surface area contributed by atoms with Gasteiger partial charge in [0.1, 0.15) is 17.8 Å². The van der Waals surface area contributed by atoms with Gasteiger partial charge in [0.05, 0.1) is 0 Å². The predicted octanol–water partition coefficient (Wildman–Crippen LogP) is 2.50. The monoisotopic (exact) mass is 221 g/mol. The molecule has 0 spiro atoms. The van der Waals surface area contributed by atoms with Gasteiger partial charge in [-0.2, -0.15) is 4.98 Å². The number of hydrogen-bond acceptors (Lipinski definition) is 4. The van der Waals surface area contributed by atoms with Crippen LogP contribution >= 0.6 is 11.6 Å². The van der Waals surface area contributed by atoms with Crippen LogP contribution < -0.4 is 10.5 Å². The molecule has 0 saturated heterocycles. The molecule has 0 radical (unpaired) electrons. The van der Waals surface area contributed by atoms with Gasteiger partial charge in [0, 0.05) is 0 Å². The van der Waals surface area contributed by atoms with Crippen molar-refractivity contribution in [2.24, 2.45) is 0 Å². The molecule has 0 aliphatic heterocycles. The Morgan fingerprint density at radius 2 is 1.87 bits per heavy atom. The van der Waals surface area contributed by atoms with E-state index in [0.29, 0.717) is 5.75 Å². The number of rotatable bonds is 2. The summed E-state index contributed by atoms with van der Waals surface area (Å²) < 4.78 is 5.43. The fourth-order valence-electron chi connectivity index (χ4n) is 1.04. The summed E-state index contributed by atoms with van der Waals surface area (Å²) in [6.07, 6.45) is 1.30. The first-order chi connectivity index (χ1) is 7.27. The average Bonchev–Trinajstić information content (AvgIpc) is 2.26. The fourth-order valence-corrected chi connectivity index (χ4v) is 1.17. The quantitative estimate of drug-likeness (QED) is 0.792. The number of nitrogen functional groups attached to an aromatic ring is 1. The van der Waals surface area contributed by atoms with Crippen molar-refractivity contribution in [2.45, 2.75) is 0 Å². The first kappa shape index (κ1) is 9.73. The molecular weight excluding hydrogens is 214 g/mol. The summed E-state index contributed by atoms with van der Waals surface area (Å²) in [5, 5.41) is 0.191. The van der Waals surface area contributed by atoms with Crippen molar-refractivity contribution < 1.29 is 4.74 Å². The zero-order valence-electron chi connectivity index (χ0n) is 7.72. The van der Waals surface area contributed by atoms with Gasteiger partial charge < -0.3 is 10.5 Å². The Morgan fingerprint density at radius 3 is 2.60 bits per heavy atom. The highest BCUT2D eigenvalue weighted by Crippen LogP contribution is 2.28. The summed E-state index contributed by atoms with van der Waals surface area (Å²) in [4.78, 5) is 7.62. The van der Waals surface area contributed by atoms with E-state index in [1.807, 2.05) is 18.2 Å². The number of ether oxygens (including phenoxy) is 1. The Morgan fingerprint density at radius 1 is 1.13 bits per heavy atom. The molecule has 0 bridgehead atoms. The van der Waals surface area contributed by atoms with E-state index in [1.54, 1.807) is 12.1 Å². The molecule has 0 aliphatic rings. The van der Waals surface area contributed by atoms with Crippen LogP contribution in [0.2, 0.25) is 5.15 Å². The van der Waals surface area contributed by atoms with E-state index in [0.717, 1.165) is 0 Å². The van der Waals surface area contributed by atoms with Crippen molar-refractivity contribution in [2.75, 3.05) is 5.73 Å². The minimum Gasteiger partial charge on any atom is -0.437 e. The number of aromatic nitrogens is 2. The minimum atomic E-state index is 0.191. The maximum atomic E-state index is 5.72. The van der Waals surface area contributed by atoms with E-state index in [4.69, 9.17) is 22.1 Å². The number of nitrogens with zero attached hydrogens (tertiary/aromatic N) is 2. The van der Waals surface area contributed by atoms with E-state index in [1.165, 1.54) is 6.33 Å². The molecule has 4 nitrogen and oxygen atoms in total. The molecule has 2 N–H and O–H groups in total. The largest absolute Gasteiger partial charge is 0.437 e. The lowest BCUT2D eigenvalue weighted by Crippen LogP contribution is -1.97. The first-order valence-electron chi connectivity index (χ1n) is 4.26. The normalized spacial score (nSPS) is 9.93. The topological polar surface area (TPSA) is 61.0 Å². The Hall–Kier alpha value is -1.81. The molecule has 2 aromatic rings.